The van der Waals surface area contributed by atoms with Gasteiger partial charge in [0.2, 0.25) is 5.91 Å². The Labute approximate surface area is 106 Å². The Morgan fingerprint density at radius 3 is 2.78 bits per heavy atom. The lowest BCUT2D eigenvalue weighted by atomic mass is 10.1. The van der Waals surface area contributed by atoms with E-state index in [2.05, 4.69) is 5.32 Å². The molecule has 18 heavy (non-hydrogen) atoms. The summed E-state index contributed by atoms with van der Waals surface area (Å²) in [5.41, 5.74) is 0.746. The zero-order chi connectivity index (χ0) is 13.4. The minimum absolute atomic E-state index is 0.0813. The van der Waals surface area contributed by atoms with E-state index in [1.54, 1.807) is 38.5 Å². The van der Waals surface area contributed by atoms with Gasteiger partial charge in [0, 0.05) is 18.2 Å². The first-order valence-electron chi connectivity index (χ1n) is 5.50. The van der Waals surface area contributed by atoms with Gasteiger partial charge in [-0.15, -0.1) is 0 Å². The number of carbonyl (C=O) groups excluding carboxylic acids is 1. The van der Waals surface area contributed by atoms with Crippen molar-refractivity contribution in [2.45, 2.75) is 0 Å². The van der Waals surface area contributed by atoms with Crippen molar-refractivity contribution < 1.29 is 19.4 Å². The second-order valence-corrected chi connectivity index (χ2v) is 3.46. The minimum Gasteiger partial charge on any atom is -0.497 e. The van der Waals surface area contributed by atoms with Crippen LogP contribution in [0.2, 0.25) is 0 Å². The Balaban J connectivity index is 2.81. The summed E-state index contributed by atoms with van der Waals surface area (Å²) in [5, 5.41) is 11.1. The van der Waals surface area contributed by atoms with Gasteiger partial charge in [-0.25, -0.2) is 0 Å². The van der Waals surface area contributed by atoms with Crippen molar-refractivity contribution in [2.24, 2.45) is 0 Å². The molecule has 0 aliphatic rings. The fourth-order valence-corrected chi connectivity index (χ4v) is 1.37. The van der Waals surface area contributed by atoms with Gasteiger partial charge in [-0.2, -0.15) is 0 Å². The number of hydrogen-bond acceptors (Lipinski definition) is 4. The Morgan fingerprint density at radius 1 is 1.39 bits per heavy atom. The molecule has 0 aliphatic carbocycles. The summed E-state index contributed by atoms with van der Waals surface area (Å²) in [7, 11) is 3.13. The van der Waals surface area contributed by atoms with Gasteiger partial charge in [0.1, 0.15) is 11.5 Å². The Bertz CT molecular complexity index is 429. The van der Waals surface area contributed by atoms with Gasteiger partial charge in [0.15, 0.2) is 0 Å². The van der Waals surface area contributed by atoms with Crippen LogP contribution in [0, 0.1) is 0 Å². The van der Waals surface area contributed by atoms with Gasteiger partial charge in [0.25, 0.3) is 0 Å². The summed E-state index contributed by atoms with van der Waals surface area (Å²) >= 11 is 0. The molecule has 0 radical (unpaired) electrons. The summed E-state index contributed by atoms with van der Waals surface area (Å²) in [4.78, 5) is 11.3. The average molecular weight is 251 g/mol. The highest BCUT2D eigenvalue weighted by atomic mass is 16.5. The van der Waals surface area contributed by atoms with Crippen LogP contribution < -0.4 is 14.8 Å². The second-order valence-electron chi connectivity index (χ2n) is 3.46. The summed E-state index contributed by atoms with van der Waals surface area (Å²) in [6.45, 7) is 0.153. The highest BCUT2D eigenvalue weighted by Gasteiger charge is 2.02. The number of amides is 1. The molecule has 0 saturated carbocycles. The summed E-state index contributed by atoms with van der Waals surface area (Å²) in [5.74, 6) is 1.07. The van der Waals surface area contributed by atoms with Crippen molar-refractivity contribution in [3.63, 3.8) is 0 Å². The van der Waals surface area contributed by atoms with E-state index in [1.165, 1.54) is 6.08 Å². The van der Waals surface area contributed by atoms with Crippen LogP contribution in [0.4, 0.5) is 0 Å². The number of nitrogens with one attached hydrogen (secondary N) is 1. The molecule has 2 N–H and O–H groups in total. The van der Waals surface area contributed by atoms with Gasteiger partial charge in [-0.1, -0.05) is 0 Å². The van der Waals surface area contributed by atoms with Crippen LogP contribution in [0.5, 0.6) is 11.5 Å². The fraction of sp³-hybridized carbons (Fsp3) is 0.308. The van der Waals surface area contributed by atoms with Crippen LogP contribution >= 0.6 is 0 Å². The molecule has 98 valence electrons. The van der Waals surface area contributed by atoms with E-state index in [1.807, 2.05) is 0 Å². The number of hydrogen-bond donors (Lipinski definition) is 2. The summed E-state index contributed by atoms with van der Waals surface area (Å²) in [6, 6.07) is 5.32. The normalized spacial score (nSPS) is 10.4. The number of benzene rings is 1. The van der Waals surface area contributed by atoms with Gasteiger partial charge in [-0.05, 0) is 24.3 Å². The molecule has 0 unspecified atom stereocenters. The van der Waals surface area contributed by atoms with E-state index < -0.39 is 0 Å². The van der Waals surface area contributed by atoms with Gasteiger partial charge in [0.05, 0.1) is 20.8 Å². The molecule has 0 aliphatic heterocycles. The Kier molecular flexibility index (Phi) is 5.73. The minimum atomic E-state index is -0.270. The lowest BCUT2D eigenvalue weighted by Crippen LogP contribution is -2.24. The first-order valence-corrected chi connectivity index (χ1v) is 5.50. The Hall–Kier alpha value is -2.01. The smallest absolute Gasteiger partial charge is 0.244 e. The number of methoxy groups -OCH3 is 2. The van der Waals surface area contributed by atoms with Crippen molar-refractivity contribution in [1.29, 1.82) is 0 Å². The number of aliphatic hydroxyl groups excluding tert-OH is 1. The third kappa shape index (κ3) is 4.10. The number of carbonyl (C=O) groups is 1. The molecule has 1 aromatic rings. The first-order chi connectivity index (χ1) is 8.71. The molecule has 0 heterocycles. The molecule has 0 atom stereocenters. The predicted molar refractivity (Wildman–Crippen MR) is 68.7 cm³/mol. The maximum atomic E-state index is 11.3. The third-order valence-electron chi connectivity index (χ3n) is 2.26. The van der Waals surface area contributed by atoms with E-state index in [0.29, 0.717) is 11.5 Å². The third-order valence-corrected chi connectivity index (χ3v) is 2.26. The van der Waals surface area contributed by atoms with E-state index in [4.69, 9.17) is 14.6 Å². The van der Waals surface area contributed by atoms with Crippen LogP contribution in [0.15, 0.2) is 24.3 Å². The average Bonchev–Trinajstić information content (AvgIpc) is 2.42. The lowest BCUT2D eigenvalue weighted by molar-refractivity contribution is -0.116. The van der Waals surface area contributed by atoms with Crippen LogP contribution in [-0.2, 0) is 4.79 Å². The number of ether oxygens (including phenoxy) is 2. The van der Waals surface area contributed by atoms with E-state index in [9.17, 15) is 4.79 Å². The molecule has 0 aromatic heterocycles. The largest absolute Gasteiger partial charge is 0.497 e. The highest BCUT2D eigenvalue weighted by Crippen LogP contribution is 2.24. The summed E-state index contributed by atoms with van der Waals surface area (Å²) < 4.78 is 10.3. The zero-order valence-electron chi connectivity index (χ0n) is 10.5. The van der Waals surface area contributed by atoms with E-state index in [-0.39, 0.29) is 19.1 Å². The molecular formula is C13H17NO4. The van der Waals surface area contributed by atoms with Gasteiger partial charge in [-0.3, -0.25) is 4.79 Å². The Morgan fingerprint density at radius 2 is 2.17 bits per heavy atom. The van der Waals surface area contributed by atoms with Crippen LogP contribution in [0.1, 0.15) is 5.56 Å². The molecule has 0 fully saturated rings. The molecule has 0 bridgehead atoms. The number of rotatable bonds is 6. The molecule has 5 nitrogen and oxygen atoms in total. The number of aliphatic hydroxyl groups is 1. The topological polar surface area (TPSA) is 67.8 Å². The van der Waals surface area contributed by atoms with Gasteiger partial charge < -0.3 is 19.9 Å². The summed E-state index contributed by atoms with van der Waals surface area (Å²) in [6.07, 6.45) is 3.01. The maximum Gasteiger partial charge on any atom is 0.244 e. The van der Waals surface area contributed by atoms with E-state index in [0.717, 1.165) is 5.56 Å². The molecule has 5 heteroatoms. The SMILES string of the molecule is COc1ccc(OC)c(/C=C/C(=O)NCCO)c1. The highest BCUT2D eigenvalue weighted by molar-refractivity contribution is 5.92. The molecule has 0 spiro atoms. The molecule has 0 saturated heterocycles. The van der Waals surface area contributed by atoms with Crippen LogP contribution in [-0.4, -0.2) is 38.4 Å². The quantitative estimate of drug-likeness (QED) is 0.735. The fourth-order valence-electron chi connectivity index (χ4n) is 1.37. The van der Waals surface area contributed by atoms with Crippen molar-refractivity contribution in [1.82, 2.24) is 5.32 Å². The predicted octanol–water partition coefficient (Wildman–Crippen LogP) is 0.826. The van der Waals surface area contributed by atoms with Crippen LogP contribution in [0.3, 0.4) is 0 Å². The molecule has 1 aromatic carbocycles. The standard InChI is InChI=1S/C13H17NO4/c1-17-11-4-5-12(18-2)10(9-11)3-6-13(16)14-7-8-15/h3-6,9,15H,7-8H2,1-2H3,(H,14,16)/b6-3+. The van der Waals surface area contributed by atoms with Crippen molar-refractivity contribution in [3.8, 4) is 11.5 Å². The van der Waals surface area contributed by atoms with Crippen molar-refractivity contribution in [2.75, 3.05) is 27.4 Å². The zero-order valence-corrected chi connectivity index (χ0v) is 10.5. The van der Waals surface area contributed by atoms with E-state index >= 15 is 0 Å². The van der Waals surface area contributed by atoms with Crippen molar-refractivity contribution in [3.05, 3.63) is 29.8 Å². The lowest BCUT2D eigenvalue weighted by Gasteiger charge is -2.07. The van der Waals surface area contributed by atoms with Gasteiger partial charge >= 0.3 is 0 Å². The monoisotopic (exact) mass is 251 g/mol. The first kappa shape index (κ1) is 14.1. The second kappa shape index (κ2) is 7.34. The molecule has 1 amide bonds. The van der Waals surface area contributed by atoms with Crippen LogP contribution in [0.25, 0.3) is 6.08 Å². The maximum absolute atomic E-state index is 11.3. The molecular weight excluding hydrogens is 234 g/mol. The van der Waals surface area contributed by atoms with Crippen molar-refractivity contribution >= 4 is 12.0 Å². The molecule has 1 rings (SSSR count).